The Balaban J connectivity index is 1.80. The number of benzene rings is 2. The van der Waals surface area contributed by atoms with Crippen molar-refractivity contribution in [2.75, 3.05) is 0 Å². The standard InChI is InChI=1S/C21H15ClN2O4/c22-14-3-1-4-15(10-14)24-21-18(20(26)23-12-17-5-2-8-27-17)9-13-6-7-16(25)11-19(13)28-21/h1-11,25H,12H2,(H,23,26). The van der Waals surface area contributed by atoms with Crippen LogP contribution in [0, 0.1) is 0 Å². The number of furan rings is 1. The molecular formula is C21H15ClN2O4. The minimum atomic E-state index is -0.365. The molecule has 0 fully saturated rings. The molecule has 6 nitrogen and oxygen atoms in total. The Hall–Kier alpha value is -3.51. The summed E-state index contributed by atoms with van der Waals surface area (Å²) in [6.07, 6.45) is 1.54. The van der Waals surface area contributed by atoms with Crippen molar-refractivity contribution >= 4 is 34.2 Å². The average molecular weight is 395 g/mol. The fraction of sp³-hybridized carbons (Fsp3) is 0.0476. The van der Waals surface area contributed by atoms with Gasteiger partial charge >= 0.3 is 0 Å². The highest BCUT2D eigenvalue weighted by molar-refractivity contribution is 6.30. The molecule has 140 valence electrons. The van der Waals surface area contributed by atoms with Crippen molar-refractivity contribution in [1.82, 2.24) is 5.32 Å². The van der Waals surface area contributed by atoms with E-state index in [2.05, 4.69) is 10.3 Å². The van der Waals surface area contributed by atoms with Crippen LogP contribution in [-0.2, 0) is 6.54 Å². The molecule has 0 radical (unpaired) electrons. The number of amides is 1. The maximum atomic E-state index is 12.8. The molecule has 2 heterocycles. The number of hydrogen-bond acceptors (Lipinski definition) is 5. The van der Waals surface area contributed by atoms with Gasteiger partial charge in [0.15, 0.2) is 0 Å². The van der Waals surface area contributed by atoms with Crippen LogP contribution in [-0.4, -0.2) is 11.0 Å². The maximum absolute atomic E-state index is 12.8. The Bertz CT molecular complexity index is 1210. The summed E-state index contributed by atoms with van der Waals surface area (Å²) < 4.78 is 11.1. The van der Waals surface area contributed by atoms with Crippen LogP contribution in [0.3, 0.4) is 0 Å². The lowest BCUT2D eigenvalue weighted by Crippen LogP contribution is -2.28. The highest BCUT2D eigenvalue weighted by Gasteiger charge is 2.13. The number of rotatable bonds is 4. The molecule has 7 heteroatoms. The largest absolute Gasteiger partial charge is 0.508 e. The Morgan fingerprint density at radius 3 is 2.79 bits per heavy atom. The second-order valence-electron chi connectivity index (χ2n) is 6.04. The van der Waals surface area contributed by atoms with Gasteiger partial charge in [-0.1, -0.05) is 17.7 Å². The number of phenolic OH excluding ortho intramolecular Hbond substituents is 1. The number of aromatic hydroxyl groups is 1. The number of hydrogen-bond donors (Lipinski definition) is 2. The molecule has 4 aromatic rings. The number of nitrogens with zero attached hydrogens (tertiary/aromatic N) is 1. The quantitative estimate of drug-likeness (QED) is 0.531. The van der Waals surface area contributed by atoms with Crippen molar-refractivity contribution in [2.24, 2.45) is 4.99 Å². The summed E-state index contributed by atoms with van der Waals surface area (Å²) >= 11 is 6.02. The summed E-state index contributed by atoms with van der Waals surface area (Å²) in [6, 6.07) is 16.7. The lowest BCUT2D eigenvalue weighted by molar-refractivity contribution is 0.0944. The van der Waals surface area contributed by atoms with Gasteiger partial charge in [-0.3, -0.25) is 4.79 Å². The van der Waals surface area contributed by atoms with E-state index >= 15 is 0 Å². The Morgan fingerprint density at radius 1 is 1.11 bits per heavy atom. The molecule has 0 saturated heterocycles. The van der Waals surface area contributed by atoms with E-state index in [-0.39, 0.29) is 29.3 Å². The molecule has 0 aliphatic heterocycles. The van der Waals surface area contributed by atoms with Crippen LogP contribution in [0.15, 0.2) is 80.8 Å². The summed E-state index contributed by atoms with van der Waals surface area (Å²) in [7, 11) is 0. The van der Waals surface area contributed by atoms with Crippen molar-refractivity contribution < 1.29 is 18.7 Å². The zero-order valence-electron chi connectivity index (χ0n) is 14.6. The van der Waals surface area contributed by atoms with Crippen LogP contribution >= 0.6 is 11.6 Å². The van der Waals surface area contributed by atoms with Crippen molar-refractivity contribution in [2.45, 2.75) is 6.54 Å². The van der Waals surface area contributed by atoms with Crippen LogP contribution in [0.5, 0.6) is 5.75 Å². The Morgan fingerprint density at radius 2 is 2.00 bits per heavy atom. The topological polar surface area (TPSA) is 88.0 Å². The molecule has 0 unspecified atom stereocenters. The fourth-order valence-corrected chi connectivity index (χ4v) is 2.88. The van der Waals surface area contributed by atoms with Crippen LogP contribution < -0.4 is 10.9 Å². The van der Waals surface area contributed by atoms with Crippen molar-refractivity contribution in [3.05, 3.63) is 88.8 Å². The van der Waals surface area contributed by atoms with Gasteiger partial charge < -0.3 is 19.3 Å². The third kappa shape index (κ3) is 3.92. The molecule has 0 aliphatic rings. The van der Waals surface area contributed by atoms with Crippen LogP contribution in [0.4, 0.5) is 5.69 Å². The first-order chi connectivity index (χ1) is 13.6. The number of fused-ring (bicyclic) bond motifs is 1. The minimum absolute atomic E-state index is 0.0555. The molecule has 2 N–H and O–H groups in total. The third-order valence-electron chi connectivity index (χ3n) is 4.02. The first kappa shape index (κ1) is 17.9. The second-order valence-corrected chi connectivity index (χ2v) is 6.48. The third-order valence-corrected chi connectivity index (χ3v) is 4.26. The highest BCUT2D eigenvalue weighted by atomic mass is 35.5. The predicted octanol–water partition coefficient (Wildman–Crippen LogP) is 4.55. The lowest BCUT2D eigenvalue weighted by atomic mass is 10.1. The van der Waals surface area contributed by atoms with Gasteiger partial charge in [0.05, 0.1) is 18.5 Å². The highest BCUT2D eigenvalue weighted by Crippen LogP contribution is 2.21. The van der Waals surface area contributed by atoms with E-state index in [0.29, 0.717) is 27.4 Å². The van der Waals surface area contributed by atoms with Gasteiger partial charge in [-0.2, -0.15) is 0 Å². The van der Waals surface area contributed by atoms with Crippen molar-refractivity contribution in [3.8, 4) is 5.75 Å². The molecule has 2 aromatic carbocycles. The fourth-order valence-electron chi connectivity index (χ4n) is 2.69. The summed E-state index contributed by atoms with van der Waals surface area (Å²) in [5, 5.41) is 13.7. The Kier molecular flexibility index (Phi) is 4.87. The molecule has 4 rings (SSSR count). The van der Waals surface area contributed by atoms with E-state index in [1.54, 1.807) is 54.8 Å². The SMILES string of the molecule is O=C(NCc1ccco1)c1cc2ccc(O)cc2oc1=Nc1cccc(Cl)c1. The van der Waals surface area contributed by atoms with E-state index in [9.17, 15) is 9.90 Å². The summed E-state index contributed by atoms with van der Waals surface area (Å²) in [6.45, 7) is 0.232. The van der Waals surface area contributed by atoms with Crippen LogP contribution in [0.1, 0.15) is 16.1 Å². The van der Waals surface area contributed by atoms with Crippen molar-refractivity contribution in [1.29, 1.82) is 0 Å². The molecule has 0 saturated carbocycles. The molecule has 0 aliphatic carbocycles. The Labute approximate surface area is 164 Å². The molecule has 28 heavy (non-hydrogen) atoms. The first-order valence-electron chi connectivity index (χ1n) is 8.46. The number of carbonyl (C=O) groups is 1. The van der Waals surface area contributed by atoms with Gasteiger partial charge in [-0.25, -0.2) is 4.99 Å². The molecule has 0 spiro atoms. The number of carbonyl (C=O) groups excluding carboxylic acids is 1. The second kappa shape index (κ2) is 7.62. The summed E-state index contributed by atoms with van der Waals surface area (Å²) in [5.74, 6) is 0.320. The average Bonchev–Trinajstić information content (AvgIpc) is 3.19. The first-order valence-corrected chi connectivity index (χ1v) is 8.84. The normalized spacial score (nSPS) is 11.7. The number of nitrogens with one attached hydrogen (secondary N) is 1. The van der Waals surface area contributed by atoms with Gasteiger partial charge in [0.2, 0.25) is 5.55 Å². The van der Waals surface area contributed by atoms with Crippen molar-refractivity contribution in [3.63, 3.8) is 0 Å². The molecular weight excluding hydrogens is 380 g/mol. The van der Waals surface area contributed by atoms with E-state index in [1.807, 2.05) is 0 Å². The molecule has 0 atom stereocenters. The van der Waals surface area contributed by atoms with E-state index in [0.717, 1.165) is 0 Å². The monoisotopic (exact) mass is 394 g/mol. The summed E-state index contributed by atoms with van der Waals surface area (Å²) in [4.78, 5) is 17.2. The van der Waals surface area contributed by atoms with E-state index in [1.165, 1.54) is 12.1 Å². The molecule has 2 aromatic heterocycles. The molecule has 0 bridgehead atoms. The van der Waals surface area contributed by atoms with E-state index in [4.69, 9.17) is 20.4 Å². The van der Waals surface area contributed by atoms with Gasteiger partial charge in [-0.05, 0) is 48.5 Å². The van der Waals surface area contributed by atoms with Gasteiger partial charge in [0, 0.05) is 16.5 Å². The van der Waals surface area contributed by atoms with Gasteiger partial charge in [0.1, 0.15) is 22.7 Å². The van der Waals surface area contributed by atoms with Gasteiger partial charge in [-0.15, -0.1) is 0 Å². The smallest absolute Gasteiger partial charge is 0.257 e. The zero-order valence-corrected chi connectivity index (χ0v) is 15.3. The van der Waals surface area contributed by atoms with Crippen LogP contribution in [0.2, 0.25) is 5.02 Å². The van der Waals surface area contributed by atoms with E-state index < -0.39 is 0 Å². The van der Waals surface area contributed by atoms with Gasteiger partial charge in [0.25, 0.3) is 5.91 Å². The van der Waals surface area contributed by atoms with Crippen LogP contribution in [0.25, 0.3) is 11.0 Å². The molecule has 1 amide bonds. The number of halogens is 1. The predicted molar refractivity (Wildman–Crippen MR) is 104 cm³/mol. The zero-order chi connectivity index (χ0) is 19.5. The number of phenols is 1. The maximum Gasteiger partial charge on any atom is 0.257 e. The minimum Gasteiger partial charge on any atom is -0.508 e. The lowest BCUT2D eigenvalue weighted by Gasteiger charge is -2.06. The summed E-state index contributed by atoms with van der Waals surface area (Å²) in [5.41, 5.74) is 1.31.